The fraction of sp³-hybridized carbons (Fsp3) is 0.571. The van der Waals surface area contributed by atoms with Gasteiger partial charge in [0.1, 0.15) is 0 Å². The van der Waals surface area contributed by atoms with Crippen LogP contribution in [0, 0.1) is 6.92 Å². The maximum atomic E-state index is 12.6. The van der Waals surface area contributed by atoms with Gasteiger partial charge in [-0.15, -0.1) is 0 Å². The number of nitrogens with one attached hydrogen (secondary N) is 1. The van der Waals surface area contributed by atoms with Crippen LogP contribution in [0.5, 0.6) is 0 Å². The lowest BCUT2D eigenvalue weighted by atomic mass is 10.1. The third-order valence-corrected chi connectivity index (χ3v) is 6.07. The van der Waals surface area contributed by atoms with E-state index in [2.05, 4.69) is 10.2 Å². The highest BCUT2D eigenvalue weighted by atomic mass is 32.2. The number of aryl methyl sites for hydroxylation is 1. The number of nitrogens with zero attached hydrogens (tertiary/aromatic N) is 2. The molecule has 0 bridgehead atoms. The minimum Gasteiger partial charge on any atom is -0.314 e. The SMILES string of the molecule is Cc1cccc(S(=O)(=O)N2CCN(C3CNC3)CC2)c1. The molecule has 5 nitrogen and oxygen atoms in total. The normalized spacial score (nSPS) is 22.6. The molecule has 2 fully saturated rings. The van der Waals surface area contributed by atoms with E-state index in [9.17, 15) is 8.42 Å². The van der Waals surface area contributed by atoms with Crippen LogP contribution >= 0.6 is 0 Å². The van der Waals surface area contributed by atoms with E-state index in [1.807, 2.05) is 13.0 Å². The molecule has 2 saturated heterocycles. The van der Waals surface area contributed by atoms with Gasteiger partial charge in [-0.25, -0.2) is 8.42 Å². The van der Waals surface area contributed by atoms with Crippen molar-refractivity contribution in [3.8, 4) is 0 Å². The maximum absolute atomic E-state index is 12.6. The Morgan fingerprint density at radius 1 is 1.15 bits per heavy atom. The summed E-state index contributed by atoms with van der Waals surface area (Å²) < 4.78 is 26.8. The van der Waals surface area contributed by atoms with E-state index in [-0.39, 0.29) is 0 Å². The van der Waals surface area contributed by atoms with Crippen LogP contribution in [0.25, 0.3) is 0 Å². The number of hydrogen-bond acceptors (Lipinski definition) is 4. The summed E-state index contributed by atoms with van der Waals surface area (Å²) in [5.74, 6) is 0. The van der Waals surface area contributed by atoms with E-state index < -0.39 is 10.0 Å². The zero-order chi connectivity index (χ0) is 14.2. The van der Waals surface area contributed by atoms with E-state index in [0.717, 1.165) is 31.7 Å². The lowest BCUT2D eigenvalue weighted by Crippen LogP contribution is -2.62. The highest BCUT2D eigenvalue weighted by molar-refractivity contribution is 7.89. The van der Waals surface area contributed by atoms with E-state index in [4.69, 9.17) is 0 Å². The van der Waals surface area contributed by atoms with E-state index in [1.165, 1.54) is 0 Å². The molecule has 1 aromatic carbocycles. The number of piperazine rings is 1. The van der Waals surface area contributed by atoms with Gasteiger partial charge in [-0.1, -0.05) is 12.1 Å². The van der Waals surface area contributed by atoms with Crippen LogP contribution in [-0.2, 0) is 10.0 Å². The fourth-order valence-electron chi connectivity index (χ4n) is 2.77. The molecule has 1 N–H and O–H groups in total. The van der Waals surface area contributed by atoms with E-state index in [1.54, 1.807) is 22.5 Å². The quantitative estimate of drug-likeness (QED) is 0.870. The van der Waals surface area contributed by atoms with Crippen LogP contribution in [0.1, 0.15) is 5.56 Å². The minimum atomic E-state index is -3.33. The summed E-state index contributed by atoms with van der Waals surface area (Å²) in [7, 11) is -3.33. The van der Waals surface area contributed by atoms with Crippen LogP contribution in [0.2, 0.25) is 0 Å². The molecule has 6 heteroatoms. The summed E-state index contributed by atoms with van der Waals surface area (Å²) in [5.41, 5.74) is 0.977. The average Bonchev–Trinajstić information content (AvgIpc) is 2.37. The van der Waals surface area contributed by atoms with Crippen molar-refractivity contribution in [2.24, 2.45) is 0 Å². The monoisotopic (exact) mass is 295 g/mol. The lowest BCUT2D eigenvalue weighted by molar-refractivity contribution is 0.103. The molecule has 0 amide bonds. The minimum absolute atomic E-state index is 0.413. The molecular weight excluding hydrogens is 274 g/mol. The Kier molecular flexibility index (Phi) is 3.81. The first-order valence-electron chi connectivity index (χ1n) is 7.09. The molecule has 0 spiro atoms. The molecule has 0 aliphatic carbocycles. The molecule has 2 heterocycles. The average molecular weight is 295 g/mol. The van der Waals surface area contributed by atoms with Gasteiger partial charge in [-0.2, -0.15) is 4.31 Å². The molecule has 20 heavy (non-hydrogen) atoms. The summed E-state index contributed by atoms with van der Waals surface area (Å²) in [6.07, 6.45) is 0. The third-order valence-electron chi connectivity index (χ3n) is 4.18. The van der Waals surface area contributed by atoms with Gasteiger partial charge in [0, 0.05) is 45.3 Å². The van der Waals surface area contributed by atoms with Crippen LogP contribution in [0.3, 0.4) is 0 Å². The Morgan fingerprint density at radius 3 is 2.40 bits per heavy atom. The summed E-state index contributed by atoms with van der Waals surface area (Å²) in [5, 5.41) is 3.26. The van der Waals surface area contributed by atoms with Crippen LogP contribution in [-0.4, -0.2) is 62.9 Å². The first-order chi connectivity index (χ1) is 9.57. The van der Waals surface area contributed by atoms with Crippen molar-refractivity contribution in [3.05, 3.63) is 29.8 Å². The predicted octanol–water partition coefficient (Wildman–Crippen LogP) is 0.273. The number of sulfonamides is 1. The van der Waals surface area contributed by atoms with Crippen LogP contribution in [0.15, 0.2) is 29.2 Å². The summed E-state index contributed by atoms with van der Waals surface area (Å²) in [4.78, 5) is 2.80. The Bertz CT molecular complexity index is 576. The second-order valence-corrected chi connectivity index (χ2v) is 7.51. The lowest BCUT2D eigenvalue weighted by Gasteiger charge is -2.42. The van der Waals surface area contributed by atoms with Gasteiger partial charge in [0.15, 0.2) is 0 Å². The first kappa shape index (κ1) is 14.0. The molecule has 0 aromatic heterocycles. The number of benzene rings is 1. The molecule has 0 unspecified atom stereocenters. The molecule has 0 atom stereocenters. The zero-order valence-corrected chi connectivity index (χ0v) is 12.6. The molecule has 2 aliphatic rings. The standard InChI is InChI=1S/C14H21N3O2S/c1-12-3-2-4-14(9-12)20(18,19)17-7-5-16(6-8-17)13-10-15-11-13/h2-4,9,13,15H,5-8,10-11H2,1H3. The predicted molar refractivity (Wildman–Crippen MR) is 78.2 cm³/mol. The van der Waals surface area contributed by atoms with Crippen molar-refractivity contribution in [1.82, 2.24) is 14.5 Å². The largest absolute Gasteiger partial charge is 0.314 e. The third kappa shape index (κ3) is 2.61. The smallest absolute Gasteiger partial charge is 0.243 e. The molecule has 0 saturated carbocycles. The van der Waals surface area contributed by atoms with Crippen LogP contribution < -0.4 is 5.32 Å². The van der Waals surface area contributed by atoms with Gasteiger partial charge in [0.2, 0.25) is 10.0 Å². The Labute approximate surface area is 120 Å². The van der Waals surface area contributed by atoms with Gasteiger partial charge < -0.3 is 5.32 Å². The van der Waals surface area contributed by atoms with Gasteiger partial charge >= 0.3 is 0 Å². The van der Waals surface area contributed by atoms with Crippen molar-refractivity contribution in [3.63, 3.8) is 0 Å². The molecule has 2 aliphatic heterocycles. The van der Waals surface area contributed by atoms with Crippen molar-refractivity contribution in [2.45, 2.75) is 17.9 Å². The van der Waals surface area contributed by atoms with Crippen molar-refractivity contribution >= 4 is 10.0 Å². The topological polar surface area (TPSA) is 52.7 Å². The Balaban J connectivity index is 1.70. The van der Waals surface area contributed by atoms with Crippen molar-refractivity contribution in [1.29, 1.82) is 0 Å². The van der Waals surface area contributed by atoms with Gasteiger partial charge in [0.25, 0.3) is 0 Å². The summed E-state index contributed by atoms with van der Waals surface area (Å²) in [6, 6.07) is 7.75. The van der Waals surface area contributed by atoms with Gasteiger partial charge in [-0.05, 0) is 24.6 Å². The maximum Gasteiger partial charge on any atom is 0.243 e. The highest BCUT2D eigenvalue weighted by Gasteiger charge is 2.32. The highest BCUT2D eigenvalue weighted by Crippen LogP contribution is 2.19. The number of hydrogen-bond donors (Lipinski definition) is 1. The molecule has 3 rings (SSSR count). The number of rotatable bonds is 3. The van der Waals surface area contributed by atoms with Gasteiger partial charge in [-0.3, -0.25) is 4.90 Å². The fourth-order valence-corrected chi connectivity index (χ4v) is 4.29. The second-order valence-electron chi connectivity index (χ2n) is 5.57. The summed E-state index contributed by atoms with van der Waals surface area (Å²) >= 11 is 0. The molecule has 110 valence electrons. The molecular formula is C14H21N3O2S. The first-order valence-corrected chi connectivity index (χ1v) is 8.53. The van der Waals surface area contributed by atoms with Crippen LogP contribution in [0.4, 0.5) is 0 Å². The van der Waals surface area contributed by atoms with Crippen molar-refractivity contribution < 1.29 is 8.42 Å². The molecule has 0 radical (unpaired) electrons. The van der Waals surface area contributed by atoms with E-state index in [0.29, 0.717) is 24.0 Å². The van der Waals surface area contributed by atoms with Crippen molar-refractivity contribution in [2.75, 3.05) is 39.3 Å². The van der Waals surface area contributed by atoms with E-state index >= 15 is 0 Å². The van der Waals surface area contributed by atoms with Gasteiger partial charge in [0.05, 0.1) is 4.90 Å². The second kappa shape index (κ2) is 5.44. The summed E-state index contributed by atoms with van der Waals surface area (Å²) in [6.45, 7) is 6.82. The Hall–Kier alpha value is -0.950. The zero-order valence-electron chi connectivity index (χ0n) is 11.7. The Morgan fingerprint density at radius 2 is 1.85 bits per heavy atom. The molecule has 1 aromatic rings.